The van der Waals surface area contributed by atoms with E-state index in [0.29, 0.717) is 12.3 Å². The molecule has 2 heterocycles. The monoisotopic (exact) mass is 250 g/mol. The van der Waals surface area contributed by atoms with Crippen LogP contribution in [0, 0.1) is 0 Å². The van der Waals surface area contributed by atoms with Gasteiger partial charge in [-0.05, 0) is 29.8 Å². The molecular weight excluding hydrogens is 240 g/mol. The van der Waals surface area contributed by atoms with E-state index >= 15 is 0 Å². The van der Waals surface area contributed by atoms with E-state index in [-0.39, 0.29) is 5.91 Å². The van der Waals surface area contributed by atoms with E-state index in [1.54, 1.807) is 0 Å². The average Bonchev–Trinajstić information content (AvgIpc) is 2.99. The number of rotatable bonds is 1. The second kappa shape index (κ2) is 3.68. The molecule has 0 saturated heterocycles. The van der Waals surface area contributed by atoms with Gasteiger partial charge >= 0.3 is 0 Å². The molecule has 0 aliphatic carbocycles. The molecule has 4 heteroatoms. The third-order valence-corrected chi connectivity index (χ3v) is 3.28. The number of hydrogen-bond donors (Lipinski definition) is 1. The van der Waals surface area contributed by atoms with Crippen LogP contribution in [-0.4, -0.2) is 10.9 Å². The van der Waals surface area contributed by atoms with Gasteiger partial charge in [-0.2, -0.15) is 0 Å². The number of carbonyl (C=O) groups excluding carboxylic acids is 1. The van der Waals surface area contributed by atoms with Gasteiger partial charge in [0, 0.05) is 11.3 Å². The summed E-state index contributed by atoms with van der Waals surface area (Å²) >= 11 is 0. The molecule has 2 aromatic carbocycles. The summed E-state index contributed by atoms with van der Waals surface area (Å²) in [6.45, 7) is 0. The number of carbonyl (C=O) groups is 1. The summed E-state index contributed by atoms with van der Waals surface area (Å²) in [5.74, 6) is 0.606. The van der Waals surface area contributed by atoms with Crippen molar-refractivity contribution in [3.63, 3.8) is 0 Å². The van der Waals surface area contributed by atoms with Crippen molar-refractivity contribution in [3.8, 4) is 11.5 Å². The topological polar surface area (TPSA) is 55.1 Å². The molecule has 3 aromatic rings. The molecule has 0 unspecified atom stereocenters. The average molecular weight is 250 g/mol. The fourth-order valence-electron chi connectivity index (χ4n) is 2.34. The van der Waals surface area contributed by atoms with Crippen molar-refractivity contribution in [1.82, 2.24) is 4.98 Å². The van der Waals surface area contributed by atoms with Crippen molar-refractivity contribution < 1.29 is 9.21 Å². The Morgan fingerprint density at radius 2 is 2.05 bits per heavy atom. The van der Waals surface area contributed by atoms with Gasteiger partial charge in [-0.3, -0.25) is 4.79 Å². The van der Waals surface area contributed by atoms with Gasteiger partial charge in [0.1, 0.15) is 5.52 Å². The summed E-state index contributed by atoms with van der Waals surface area (Å²) in [4.78, 5) is 15.8. The van der Waals surface area contributed by atoms with Gasteiger partial charge in [0.25, 0.3) is 0 Å². The Kier molecular flexibility index (Phi) is 2.00. The molecule has 0 radical (unpaired) electrons. The first-order valence-electron chi connectivity index (χ1n) is 6.08. The third kappa shape index (κ3) is 1.61. The van der Waals surface area contributed by atoms with Crippen LogP contribution in [0.4, 0.5) is 5.69 Å². The van der Waals surface area contributed by atoms with E-state index in [9.17, 15) is 4.79 Å². The number of fused-ring (bicyclic) bond motifs is 2. The lowest BCUT2D eigenvalue weighted by molar-refractivity contribution is -0.115. The zero-order valence-corrected chi connectivity index (χ0v) is 10.0. The smallest absolute Gasteiger partial charge is 0.228 e. The lowest BCUT2D eigenvalue weighted by Crippen LogP contribution is -2.03. The maximum Gasteiger partial charge on any atom is 0.228 e. The Labute approximate surface area is 109 Å². The highest BCUT2D eigenvalue weighted by Crippen LogP contribution is 2.30. The highest BCUT2D eigenvalue weighted by atomic mass is 16.3. The lowest BCUT2D eigenvalue weighted by Gasteiger charge is -2.00. The van der Waals surface area contributed by atoms with E-state index in [2.05, 4.69) is 10.3 Å². The molecule has 1 N–H and O–H groups in total. The molecule has 19 heavy (non-hydrogen) atoms. The summed E-state index contributed by atoms with van der Waals surface area (Å²) in [5.41, 5.74) is 4.34. The third-order valence-electron chi connectivity index (χ3n) is 3.28. The van der Waals surface area contributed by atoms with Crippen molar-refractivity contribution in [1.29, 1.82) is 0 Å². The Balaban J connectivity index is 1.84. The van der Waals surface area contributed by atoms with Gasteiger partial charge in [0.2, 0.25) is 11.8 Å². The number of nitrogens with zero attached hydrogens (tertiary/aromatic N) is 1. The Hall–Kier alpha value is -2.62. The van der Waals surface area contributed by atoms with Crippen LogP contribution in [0.25, 0.3) is 22.6 Å². The van der Waals surface area contributed by atoms with Crippen molar-refractivity contribution in [2.75, 3.05) is 5.32 Å². The summed E-state index contributed by atoms with van der Waals surface area (Å²) in [6, 6.07) is 13.4. The fraction of sp³-hybridized carbons (Fsp3) is 0.0667. The largest absolute Gasteiger partial charge is 0.436 e. The summed E-state index contributed by atoms with van der Waals surface area (Å²) in [6.07, 6.45) is 0.448. The molecular formula is C15H10N2O2. The number of benzene rings is 2. The second-order valence-electron chi connectivity index (χ2n) is 4.58. The molecule has 0 atom stereocenters. The molecule has 0 saturated carbocycles. The van der Waals surface area contributed by atoms with Gasteiger partial charge in [-0.1, -0.05) is 18.2 Å². The van der Waals surface area contributed by atoms with E-state index in [0.717, 1.165) is 27.9 Å². The lowest BCUT2D eigenvalue weighted by atomic mass is 10.1. The fourth-order valence-corrected chi connectivity index (χ4v) is 2.34. The summed E-state index contributed by atoms with van der Waals surface area (Å²) in [5, 5.41) is 2.83. The molecule has 1 aliphatic heterocycles. The highest BCUT2D eigenvalue weighted by molar-refractivity contribution is 5.99. The second-order valence-corrected chi connectivity index (χ2v) is 4.58. The minimum atomic E-state index is 0.0321. The molecule has 0 spiro atoms. The minimum Gasteiger partial charge on any atom is -0.436 e. The Bertz CT molecular complexity index is 772. The predicted octanol–water partition coefficient (Wildman–Crippen LogP) is 2.99. The molecule has 4 nitrogen and oxygen atoms in total. The zero-order valence-electron chi connectivity index (χ0n) is 10.0. The van der Waals surface area contributed by atoms with Crippen LogP contribution in [0.2, 0.25) is 0 Å². The van der Waals surface area contributed by atoms with Crippen molar-refractivity contribution in [2.24, 2.45) is 0 Å². The zero-order chi connectivity index (χ0) is 12.8. The molecule has 1 amide bonds. The quantitative estimate of drug-likeness (QED) is 0.722. The van der Waals surface area contributed by atoms with Gasteiger partial charge < -0.3 is 9.73 Å². The van der Waals surface area contributed by atoms with Crippen molar-refractivity contribution >= 4 is 22.7 Å². The normalized spacial score (nSPS) is 13.6. The standard InChI is InChI=1S/C15H10N2O2/c18-14-8-9-5-6-10(7-12(9)16-14)15-17-11-3-1-2-4-13(11)19-15/h1-7H,8H2,(H,16,18). The molecule has 4 rings (SSSR count). The maximum atomic E-state index is 11.3. The molecule has 0 bridgehead atoms. The number of nitrogens with one attached hydrogen (secondary N) is 1. The molecule has 0 fully saturated rings. The van der Waals surface area contributed by atoms with E-state index < -0.39 is 0 Å². The summed E-state index contributed by atoms with van der Waals surface area (Å²) < 4.78 is 5.72. The first-order chi connectivity index (χ1) is 9.29. The van der Waals surface area contributed by atoms with Crippen LogP contribution < -0.4 is 5.32 Å². The first-order valence-corrected chi connectivity index (χ1v) is 6.08. The highest BCUT2D eigenvalue weighted by Gasteiger charge is 2.19. The SMILES string of the molecule is O=C1Cc2ccc(-c3nc4ccccc4o3)cc2N1. The van der Waals surface area contributed by atoms with Gasteiger partial charge in [-0.25, -0.2) is 4.98 Å². The van der Waals surface area contributed by atoms with Crippen LogP contribution in [0.5, 0.6) is 0 Å². The van der Waals surface area contributed by atoms with Crippen LogP contribution in [0.15, 0.2) is 46.9 Å². The van der Waals surface area contributed by atoms with E-state index in [1.807, 2.05) is 42.5 Å². The number of anilines is 1. The Morgan fingerprint density at radius 1 is 1.16 bits per heavy atom. The van der Waals surface area contributed by atoms with Crippen LogP contribution in [-0.2, 0) is 11.2 Å². The van der Waals surface area contributed by atoms with Gasteiger partial charge in [0.15, 0.2) is 5.58 Å². The van der Waals surface area contributed by atoms with Crippen molar-refractivity contribution in [2.45, 2.75) is 6.42 Å². The van der Waals surface area contributed by atoms with E-state index in [4.69, 9.17) is 4.42 Å². The van der Waals surface area contributed by atoms with Gasteiger partial charge in [-0.15, -0.1) is 0 Å². The van der Waals surface area contributed by atoms with E-state index in [1.165, 1.54) is 0 Å². The Morgan fingerprint density at radius 3 is 2.95 bits per heavy atom. The van der Waals surface area contributed by atoms with Gasteiger partial charge in [0.05, 0.1) is 6.42 Å². The first kappa shape index (κ1) is 10.3. The number of para-hydroxylation sites is 2. The number of oxazole rings is 1. The number of hydrogen-bond acceptors (Lipinski definition) is 3. The van der Waals surface area contributed by atoms with Crippen LogP contribution in [0.3, 0.4) is 0 Å². The number of aromatic nitrogens is 1. The maximum absolute atomic E-state index is 11.3. The van der Waals surface area contributed by atoms with Crippen LogP contribution in [0.1, 0.15) is 5.56 Å². The molecule has 1 aromatic heterocycles. The number of amides is 1. The predicted molar refractivity (Wildman–Crippen MR) is 71.8 cm³/mol. The summed E-state index contributed by atoms with van der Waals surface area (Å²) in [7, 11) is 0. The molecule has 92 valence electrons. The minimum absolute atomic E-state index is 0.0321. The van der Waals surface area contributed by atoms with Crippen molar-refractivity contribution in [3.05, 3.63) is 48.0 Å². The van der Waals surface area contributed by atoms with Crippen LogP contribution >= 0.6 is 0 Å². The molecule has 1 aliphatic rings.